The van der Waals surface area contributed by atoms with Gasteiger partial charge < -0.3 is 9.84 Å². The zero-order valence-corrected chi connectivity index (χ0v) is 8.04. The lowest BCUT2D eigenvalue weighted by atomic mass is 10.3. The Bertz CT molecular complexity index is 379. The summed E-state index contributed by atoms with van der Waals surface area (Å²) in [6.45, 7) is 2.48. The quantitative estimate of drug-likeness (QED) is 0.784. The number of aromatic nitrogens is 1. The van der Waals surface area contributed by atoms with Gasteiger partial charge in [-0.05, 0) is 13.3 Å². The predicted molar refractivity (Wildman–Crippen MR) is 50.4 cm³/mol. The van der Waals surface area contributed by atoms with Gasteiger partial charge in [0.2, 0.25) is 0 Å². The highest BCUT2D eigenvalue weighted by Crippen LogP contribution is 2.12. The van der Waals surface area contributed by atoms with Crippen LogP contribution in [-0.4, -0.2) is 10.9 Å². The van der Waals surface area contributed by atoms with E-state index in [4.69, 9.17) is 4.52 Å². The Labute approximate surface area is 82.0 Å². The molecule has 0 unspecified atom stereocenters. The maximum Gasteiger partial charge on any atom is 0.157 e. The molecule has 0 spiro atoms. The van der Waals surface area contributed by atoms with Crippen LogP contribution in [0.5, 0.6) is 0 Å². The molecule has 0 aliphatic heterocycles. The molecule has 0 radical (unpaired) electrons. The van der Waals surface area contributed by atoms with Gasteiger partial charge in [-0.1, -0.05) is 5.16 Å². The van der Waals surface area contributed by atoms with Crippen LogP contribution in [0.4, 0.5) is 0 Å². The first kappa shape index (κ1) is 8.99. The highest BCUT2D eigenvalue weighted by molar-refractivity contribution is 5.92. The van der Waals surface area contributed by atoms with Crippen molar-refractivity contribution < 1.29 is 9.32 Å². The highest BCUT2D eigenvalue weighted by Gasteiger charge is 2.11. The Hall–Kier alpha value is -1.58. The van der Waals surface area contributed by atoms with E-state index in [0.717, 1.165) is 23.6 Å². The number of allylic oxidation sites excluding steroid dienone is 2. The zero-order chi connectivity index (χ0) is 9.97. The minimum absolute atomic E-state index is 0.196. The average molecular weight is 192 g/mol. The standard InChI is InChI=1S/C10H12N2O2/c1-7-4-10(14-12-7)6-11-8-2-3-9(13)5-8/h4-5,11H,2-3,6H2,1H3. The van der Waals surface area contributed by atoms with E-state index in [0.29, 0.717) is 13.0 Å². The number of carbonyl (C=O) groups excluding carboxylic acids is 1. The molecule has 0 saturated heterocycles. The van der Waals surface area contributed by atoms with Crippen molar-refractivity contribution in [3.05, 3.63) is 29.3 Å². The summed E-state index contributed by atoms with van der Waals surface area (Å²) in [5.41, 5.74) is 1.86. The molecule has 0 aromatic carbocycles. The van der Waals surface area contributed by atoms with Crippen molar-refractivity contribution in [1.82, 2.24) is 10.5 Å². The molecule has 1 aliphatic rings. The van der Waals surface area contributed by atoms with Gasteiger partial charge in [-0.15, -0.1) is 0 Å². The molecule has 0 bridgehead atoms. The molecule has 1 aromatic rings. The van der Waals surface area contributed by atoms with Crippen molar-refractivity contribution in [3.8, 4) is 0 Å². The minimum Gasteiger partial charge on any atom is -0.381 e. The van der Waals surface area contributed by atoms with E-state index < -0.39 is 0 Å². The maximum absolute atomic E-state index is 10.9. The fourth-order valence-electron chi connectivity index (χ4n) is 1.44. The van der Waals surface area contributed by atoms with Gasteiger partial charge in [-0.25, -0.2) is 0 Å². The molecule has 0 atom stereocenters. The fourth-order valence-corrected chi connectivity index (χ4v) is 1.44. The smallest absolute Gasteiger partial charge is 0.157 e. The van der Waals surface area contributed by atoms with Crippen molar-refractivity contribution in [3.63, 3.8) is 0 Å². The normalized spacial score (nSPS) is 15.8. The molecule has 1 N–H and O–H groups in total. The lowest BCUT2D eigenvalue weighted by Gasteiger charge is -2.02. The summed E-state index contributed by atoms with van der Waals surface area (Å²) in [6, 6.07) is 1.88. The van der Waals surface area contributed by atoms with Gasteiger partial charge in [0.25, 0.3) is 0 Å². The van der Waals surface area contributed by atoms with Crippen LogP contribution in [0.15, 0.2) is 22.4 Å². The van der Waals surface area contributed by atoms with Gasteiger partial charge in [-0.2, -0.15) is 0 Å². The Balaban J connectivity index is 1.89. The third-order valence-electron chi connectivity index (χ3n) is 2.14. The Kier molecular flexibility index (Phi) is 2.35. The number of carbonyl (C=O) groups is 1. The SMILES string of the molecule is Cc1cc(CNC2=CC(=O)CC2)on1. The molecule has 0 amide bonds. The van der Waals surface area contributed by atoms with Crippen LogP contribution in [0.25, 0.3) is 0 Å². The number of hydrogen-bond donors (Lipinski definition) is 1. The van der Waals surface area contributed by atoms with Crippen molar-refractivity contribution >= 4 is 5.78 Å². The zero-order valence-electron chi connectivity index (χ0n) is 8.04. The molecule has 0 saturated carbocycles. The molecular formula is C10H12N2O2. The van der Waals surface area contributed by atoms with Crippen molar-refractivity contribution in [2.45, 2.75) is 26.3 Å². The van der Waals surface area contributed by atoms with E-state index in [1.54, 1.807) is 6.08 Å². The second-order valence-electron chi connectivity index (χ2n) is 3.42. The van der Waals surface area contributed by atoms with Crippen LogP contribution in [0.1, 0.15) is 24.3 Å². The maximum atomic E-state index is 10.9. The molecule has 0 fully saturated rings. The second kappa shape index (κ2) is 3.65. The van der Waals surface area contributed by atoms with Gasteiger partial charge in [0.1, 0.15) is 0 Å². The lowest BCUT2D eigenvalue weighted by Crippen LogP contribution is -2.10. The Morgan fingerprint density at radius 2 is 2.43 bits per heavy atom. The van der Waals surface area contributed by atoms with Crippen molar-refractivity contribution in [1.29, 1.82) is 0 Å². The molecule has 4 heteroatoms. The van der Waals surface area contributed by atoms with Crippen LogP contribution >= 0.6 is 0 Å². The van der Waals surface area contributed by atoms with Gasteiger partial charge >= 0.3 is 0 Å². The summed E-state index contributed by atoms with van der Waals surface area (Å²) in [4.78, 5) is 10.9. The number of rotatable bonds is 3. The first-order chi connectivity index (χ1) is 6.74. The minimum atomic E-state index is 0.196. The molecule has 74 valence electrons. The number of nitrogens with zero attached hydrogens (tertiary/aromatic N) is 1. The van der Waals surface area contributed by atoms with E-state index in [-0.39, 0.29) is 5.78 Å². The molecule has 2 rings (SSSR count). The lowest BCUT2D eigenvalue weighted by molar-refractivity contribution is -0.114. The fraction of sp³-hybridized carbons (Fsp3) is 0.400. The van der Waals surface area contributed by atoms with Gasteiger partial charge in [-0.3, -0.25) is 4.79 Å². The number of hydrogen-bond acceptors (Lipinski definition) is 4. The summed E-state index contributed by atoms with van der Waals surface area (Å²) >= 11 is 0. The van der Waals surface area contributed by atoms with Crippen molar-refractivity contribution in [2.24, 2.45) is 0 Å². The van der Waals surface area contributed by atoms with Crippen molar-refractivity contribution in [2.75, 3.05) is 0 Å². The molecule has 1 aromatic heterocycles. The number of ketones is 1. The number of nitrogens with one attached hydrogen (secondary N) is 1. The monoisotopic (exact) mass is 192 g/mol. The van der Waals surface area contributed by atoms with Gasteiger partial charge in [0.05, 0.1) is 12.2 Å². The van der Waals surface area contributed by atoms with E-state index >= 15 is 0 Å². The second-order valence-corrected chi connectivity index (χ2v) is 3.42. The topological polar surface area (TPSA) is 55.1 Å². The third kappa shape index (κ3) is 2.02. The third-order valence-corrected chi connectivity index (χ3v) is 2.14. The first-order valence-corrected chi connectivity index (χ1v) is 4.63. The molecule has 1 heterocycles. The number of aryl methyl sites for hydroxylation is 1. The van der Waals surface area contributed by atoms with Crippen LogP contribution in [0.2, 0.25) is 0 Å². The highest BCUT2D eigenvalue weighted by atomic mass is 16.5. The summed E-state index contributed by atoms with van der Waals surface area (Å²) in [6.07, 6.45) is 3.09. The Morgan fingerprint density at radius 1 is 1.57 bits per heavy atom. The predicted octanol–water partition coefficient (Wildman–Crippen LogP) is 1.32. The molecule has 4 nitrogen and oxygen atoms in total. The summed E-state index contributed by atoms with van der Waals surface area (Å²) in [5.74, 6) is 0.990. The largest absolute Gasteiger partial charge is 0.381 e. The summed E-state index contributed by atoms with van der Waals surface area (Å²) < 4.78 is 5.03. The van der Waals surface area contributed by atoms with Crippen LogP contribution in [-0.2, 0) is 11.3 Å². The van der Waals surface area contributed by atoms with Crippen LogP contribution in [0, 0.1) is 6.92 Å². The summed E-state index contributed by atoms with van der Waals surface area (Å²) in [7, 11) is 0. The average Bonchev–Trinajstić information content (AvgIpc) is 2.72. The molecule has 14 heavy (non-hydrogen) atoms. The van der Waals surface area contributed by atoms with E-state index in [1.165, 1.54) is 0 Å². The van der Waals surface area contributed by atoms with Crippen LogP contribution in [0.3, 0.4) is 0 Å². The van der Waals surface area contributed by atoms with E-state index in [1.807, 2.05) is 13.0 Å². The van der Waals surface area contributed by atoms with Gasteiger partial charge in [0.15, 0.2) is 11.5 Å². The first-order valence-electron chi connectivity index (χ1n) is 4.63. The van der Waals surface area contributed by atoms with Crippen LogP contribution < -0.4 is 5.32 Å². The van der Waals surface area contributed by atoms with E-state index in [2.05, 4.69) is 10.5 Å². The summed E-state index contributed by atoms with van der Waals surface area (Å²) in [5, 5.41) is 6.92. The van der Waals surface area contributed by atoms with Gasteiger partial charge in [0, 0.05) is 24.3 Å². The molecule has 1 aliphatic carbocycles. The van der Waals surface area contributed by atoms with E-state index in [9.17, 15) is 4.79 Å². The molecular weight excluding hydrogens is 180 g/mol. The Morgan fingerprint density at radius 3 is 3.00 bits per heavy atom.